The Morgan fingerprint density at radius 3 is 2.56 bits per heavy atom. The Kier molecular flexibility index (Phi) is 5.50. The maximum absolute atomic E-state index is 5.65. The first-order valence-electron chi connectivity index (χ1n) is 5.59. The molecule has 4 heteroatoms. The molecule has 0 aliphatic carbocycles. The van der Waals surface area contributed by atoms with Gasteiger partial charge in [-0.2, -0.15) is 0 Å². The molecule has 0 heterocycles. The molecule has 0 aliphatic heterocycles. The van der Waals surface area contributed by atoms with Crippen molar-refractivity contribution in [1.82, 2.24) is 0 Å². The van der Waals surface area contributed by atoms with Gasteiger partial charge in [0.2, 0.25) is 0 Å². The van der Waals surface area contributed by atoms with Gasteiger partial charge in [-0.15, -0.1) is 0 Å². The minimum atomic E-state index is 0.535. The smallest absolute Gasteiger partial charge is 0.121 e. The van der Waals surface area contributed by atoms with Gasteiger partial charge in [-0.05, 0) is 18.6 Å². The average Bonchev–Trinajstić information content (AvgIpc) is 2.28. The van der Waals surface area contributed by atoms with Crippen LogP contribution in [0.5, 0.6) is 5.75 Å². The molecule has 0 spiro atoms. The van der Waals surface area contributed by atoms with Crippen LogP contribution in [0.4, 0.5) is 11.4 Å². The number of unbranched alkanes of at least 4 members (excludes halogenated alkanes) is 1. The van der Waals surface area contributed by atoms with Crippen LogP contribution in [0, 0.1) is 0 Å². The molecule has 0 aliphatic rings. The maximum atomic E-state index is 5.65. The quantitative estimate of drug-likeness (QED) is 0.549. The van der Waals surface area contributed by atoms with Gasteiger partial charge in [-0.3, -0.25) is 0 Å². The predicted molar refractivity (Wildman–Crippen MR) is 66.5 cm³/mol. The number of benzene rings is 1. The molecule has 90 valence electrons. The highest BCUT2D eigenvalue weighted by Crippen LogP contribution is 2.21. The summed E-state index contributed by atoms with van der Waals surface area (Å²) in [5.74, 6) is 0.728. The fourth-order valence-electron chi connectivity index (χ4n) is 1.21. The summed E-state index contributed by atoms with van der Waals surface area (Å²) in [6.45, 7) is 4.07. The van der Waals surface area contributed by atoms with E-state index in [4.69, 9.17) is 20.9 Å². The lowest BCUT2D eigenvalue weighted by Crippen LogP contribution is -2.07. The van der Waals surface area contributed by atoms with Crippen LogP contribution in [0.15, 0.2) is 18.2 Å². The number of nitrogens with two attached hydrogens (primary N) is 2. The topological polar surface area (TPSA) is 70.5 Å². The zero-order chi connectivity index (χ0) is 11.8. The maximum Gasteiger partial charge on any atom is 0.121 e. The molecule has 16 heavy (non-hydrogen) atoms. The van der Waals surface area contributed by atoms with E-state index in [1.165, 1.54) is 0 Å². The van der Waals surface area contributed by atoms with Crippen molar-refractivity contribution in [1.29, 1.82) is 0 Å². The van der Waals surface area contributed by atoms with E-state index in [2.05, 4.69) is 6.92 Å². The van der Waals surface area contributed by atoms with E-state index in [0.717, 1.165) is 25.2 Å². The van der Waals surface area contributed by atoms with Gasteiger partial charge in [0, 0.05) is 12.7 Å². The van der Waals surface area contributed by atoms with Crippen molar-refractivity contribution >= 4 is 11.4 Å². The van der Waals surface area contributed by atoms with Gasteiger partial charge >= 0.3 is 0 Å². The Labute approximate surface area is 96.5 Å². The number of hydrogen-bond acceptors (Lipinski definition) is 4. The predicted octanol–water partition coefficient (Wildman–Crippen LogP) is 2.05. The molecule has 0 aromatic heterocycles. The molecule has 0 saturated heterocycles. The van der Waals surface area contributed by atoms with Crippen molar-refractivity contribution in [2.45, 2.75) is 19.8 Å². The number of rotatable bonds is 7. The van der Waals surface area contributed by atoms with Crippen LogP contribution < -0.4 is 16.2 Å². The molecule has 0 saturated carbocycles. The third-order valence-corrected chi connectivity index (χ3v) is 2.20. The van der Waals surface area contributed by atoms with Crippen LogP contribution >= 0.6 is 0 Å². The second-order valence-corrected chi connectivity index (χ2v) is 3.61. The van der Waals surface area contributed by atoms with Crippen molar-refractivity contribution in [2.24, 2.45) is 0 Å². The summed E-state index contributed by atoms with van der Waals surface area (Å²) >= 11 is 0. The molecule has 0 fully saturated rings. The molecule has 1 rings (SSSR count). The summed E-state index contributed by atoms with van der Waals surface area (Å²) in [5.41, 5.74) is 12.4. The summed E-state index contributed by atoms with van der Waals surface area (Å²) in [6.07, 6.45) is 2.24. The summed E-state index contributed by atoms with van der Waals surface area (Å²) in [5, 5.41) is 0. The highest BCUT2D eigenvalue weighted by Gasteiger charge is 1.98. The second-order valence-electron chi connectivity index (χ2n) is 3.61. The van der Waals surface area contributed by atoms with E-state index in [0.29, 0.717) is 24.6 Å². The van der Waals surface area contributed by atoms with Crippen LogP contribution in [0.2, 0.25) is 0 Å². The number of ether oxygens (including phenoxy) is 2. The fraction of sp³-hybridized carbons (Fsp3) is 0.500. The van der Waals surface area contributed by atoms with Gasteiger partial charge in [0.05, 0.1) is 18.0 Å². The first kappa shape index (κ1) is 12.6. The lowest BCUT2D eigenvalue weighted by molar-refractivity contribution is 0.0981. The minimum absolute atomic E-state index is 0.535. The van der Waals surface area contributed by atoms with Crippen LogP contribution in [-0.4, -0.2) is 19.8 Å². The third-order valence-electron chi connectivity index (χ3n) is 2.20. The van der Waals surface area contributed by atoms with E-state index in [1.807, 2.05) is 0 Å². The highest BCUT2D eigenvalue weighted by atomic mass is 16.5. The van der Waals surface area contributed by atoms with E-state index in [-0.39, 0.29) is 0 Å². The number of anilines is 2. The zero-order valence-corrected chi connectivity index (χ0v) is 9.74. The van der Waals surface area contributed by atoms with E-state index >= 15 is 0 Å². The lowest BCUT2D eigenvalue weighted by Gasteiger charge is -2.08. The van der Waals surface area contributed by atoms with Gasteiger partial charge in [0.15, 0.2) is 0 Å². The van der Waals surface area contributed by atoms with Crippen LogP contribution in [0.25, 0.3) is 0 Å². The largest absolute Gasteiger partial charge is 0.491 e. The van der Waals surface area contributed by atoms with Crippen molar-refractivity contribution in [3.8, 4) is 5.75 Å². The summed E-state index contributed by atoms with van der Waals surface area (Å²) in [4.78, 5) is 0. The molecule has 4 nitrogen and oxygen atoms in total. The average molecular weight is 224 g/mol. The zero-order valence-electron chi connectivity index (χ0n) is 9.74. The lowest BCUT2D eigenvalue weighted by atomic mass is 10.2. The van der Waals surface area contributed by atoms with E-state index in [1.54, 1.807) is 18.2 Å². The van der Waals surface area contributed by atoms with Gasteiger partial charge in [0.1, 0.15) is 12.4 Å². The SMILES string of the molecule is CCCCOCCOc1ccc(N)c(N)c1. The Morgan fingerprint density at radius 1 is 1.06 bits per heavy atom. The molecule has 1 aromatic rings. The van der Waals surface area contributed by atoms with Gasteiger partial charge in [-0.25, -0.2) is 0 Å². The van der Waals surface area contributed by atoms with E-state index in [9.17, 15) is 0 Å². The summed E-state index contributed by atoms with van der Waals surface area (Å²) in [7, 11) is 0. The Balaban J connectivity index is 2.19. The second kappa shape index (κ2) is 6.95. The first-order valence-corrected chi connectivity index (χ1v) is 5.59. The standard InChI is InChI=1S/C12H20N2O2/c1-2-3-6-15-7-8-16-10-4-5-11(13)12(14)9-10/h4-5,9H,2-3,6-8,13-14H2,1H3. The number of nitrogen functional groups attached to an aromatic ring is 2. The molecular weight excluding hydrogens is 204 g/mol. The molecule has 0 radical (unpaired) electrons. The minimum Gasteiger partial charge on any atom is -0.491 e. The summed E-state index contributed by atoms with van der Waals surface area (Å²) in [6, 6.07) is 5.27. The Hall–Kier alpha value is -1.42. The molecule has 0 bridgehead atoms. The van der Waals surface area contributed by atoms with Crippen molar-refractivity contribution < 1.29 is 9.47 Å². The van der Waals surface area contributed by atoms with Gasteiger partial charge < -0.3 is 20.9 Å². The molecule has 0 unspecified atom stereocenters. The first-order chi connectivity index (χ1) is 7.74. The van der Waals surface area contributed by atoms with E-state index < -0.39 is 0 Å². The molecule has 0 atom stereocenters. The van der Waals surface area contributed by atoms with Crippen molar-refractivity contribution in [2.75, 3.05) is 31.3 Å². The Bertz CT molecular complexity index is 316. The van der Waals surface area contributed by atoms with Crippen LogP contribution in [0.1, 0.15) is 19.8 Å². The number of hydrogen-bond donors (Lipinski definition) is 2. The van der Waals surface area contributed by atoms with Gasteiger partial charge in [-0.1, -0.05) is 13.3 Å². The third kappa shape index (κ3) is 4.40. The van der Waals surface area contributed by atoms with Gasteiger partial charge in [0.25, 0.3) is 0 Å². The Morgan fingerprint density at radius 2 is 1.88 bits per heavy atom. The van der Waals surface area contributed by atoms with Crippen molar-refractivity contribution in [3.63, 3.8) is 0 Å². The summed E-state index contributed by atoms with van der Waals surface area (Å²) < 4.78 is 10.8. The normalized spacial score (nSPS) is 10.3. The molecule has 4 N–H and O–H groups in total. The monoisotopic (exact) mass is 224 g/mol. The van der Waals surface area contributed by atoms with Crippen LogP contribution in [-0.2, 0) is 4.74 Å². The molecule has 0 amide bonds. The molecular formula is C12H20N2O2. The molecule has 1 aromatic carbocycles. The highest BCUT2D eigenvalue weighted by molar-refractivity contribution is 5.65. The fourth-order valence-corrected chi connectivity index (χ4v) is 1.21. The van der Waals surface area contributed by atoms with Crippen LogP contribution in [0.3, 0.4) is 0 Å². The van der Waals surface area contributed by atoms with Crippen molar-refractivity contribution in [3.05, 3.63) is 18.2 Å².